The first kappa shape index (κ1) is 22.9. The van der Waals surface area contributed by atoms with Gasteiger partial charge in [0.25, 0.3) is 0 Å². The third-order valence-corrected chi connectivity index (χ3v) is 0. The van der Waals surface area contributed by atoms with Crippen LogP contribution in [0.4, 0.5) is 0 Å². The van der Waals surface area contributed by atoms with E-state index >= 15 is 0 Å². The van der Waals surface area contributed by atoms with Gasteiger partial charge in [0.15, 0.2) is 0 Å². The van der Waals surface area contributed by atoms with Gasteiger partial charge in [0.2, 0.25) is 0 Å². The van der Waals surface area contributed by atoms with Crippen LogP contribution in [0.25, 0.3) is 0 Å². The van der Waals surface area contributed by atoms with E-state index in [9.17, 15) is 0 Å². The van der Waals surface area contributed by atoms with E-state index in [-0.39, 0.29) is 147 Å². The molecule has 0 spiro atoms. The first-order chi connectivity index (χ1) is 2.00. The van der Waals surface area contributed by atoms with E-state index < -0.39 is 10.4 Å². The maximum absolute atomic E-state index is 8.74. The van der Waals surface area contributed by atoms with Gasteiger partial charge in [0, 0.05) is 0 Å². The molecule has 44 valence electrons. The third-order valence-electron chi connectivity index (χ3n) is 0. The van der Waals surface area contributed by atoms with Crippen LogP contribution in [0.5, 0.6) is 0 Å². The summed E-state index contributed by atoms with van der Waals surface area (Å²) in [6.45, 7) is 0. The van der Waals surface area contributed by atoms with Crippen LogP contribution in [0.3, 0.4) is 0 Å². The third kappa shape index (κ3) is 46.3. The fourth-order valence-electron chi connectivity index (χ4n) is 0. The maximum atomic E-state index is 8.74. The Kier molecular flexibility index (Phi) is 33.2. The summed E-state index contributed by atoms with van der Waals surface area (Å²) in [4.78, 5) is 0. The molecular weight excluding hydrogens is 508 g/mol. The van der Waals surface area contributed by atoms with Crippen molar-refractivity contribution in [2.45, 2.75) is 0 Å². The molecule has 0 aliphatic carbocycles. The second-order valence-corrected chi connectivity index (χ2v) is 1.34. The molecule has 8 heavy (non-hydrogen) atoms. The first-order valence-corrected chi connectivity index (χ1v) is 2.10. The Morgan fingerprint density at radius 3 is 0.875 bits per heavy atom. The molecule has 0 aromatic rings. The second-order valence-electron chi connectivity index (χ2n) is 0.448. The van der Waals surface area contributed by atoms with Gasteiger partial charge in [0.1, 0.15) is 0 Å². The number of hydrogen-bond acceptors (Lipinski definition) is 2. The van der Waals surface area contributed by atoms with E-state index in [0.717, 1.165) is 0 Å². The normalized spacial score (nSPS) is 7.25. The van der Waals surface area contributed by atoms with Gasteiger partial charge >= 0.3 is 157 Å². The van der Waals surface area contributed by atoms with Gasteiger partial charge in [0.05, 0.1) is 0 Å². The zero-order chi connectivity index (χ0) is 4.50. The summed E-state index contributed by atoms with van der Waals surface area (Å²) < 4.78 is 31.6. The summed E-state index contributed by atoms with van der Waals surface area (Å²) in [5, 5.41) is 0. The molecule has 8 heteroatoms. The SMILES string of the molecule is O=S(=O)(O)O.[BaH2].[BaH2].[BaH2]. The van der Waals surface area contributed by atoms with Crippen molar-refractivity contribution >= 4 is 157 Å². The van der Waals surface area contributed by atoms with E-state index in [1.165, 1.54) is 0 Å². The van der Waals surface area contributed by atoms with E-state index in [1.54, 1.807) is 0 Å². The molecule has 0 aliphatic rings. The summed E-state index contributed by atoms with van der Waals surface area (Å²) in [5.74, 6) is 0. The molecule has 0 heterocycles. The van der Waals surface area contributed by atoms with E-state index in [2.05, 4.69) is 0 Å². The molecule has 4 nitrogen and oxygen atoms in total. The van der Waals surface area contributed by atoms with Crippen molar-refractivity contribution in [1.82, 2.24) is 0 Å². The zero-order valence-electron chi connectivity index (χ0n) is 2.12. The van der Waals surface area contributed by atoms with Gasteiger partial charge in [-0.25, -0.2) is 0 Å². The average molecular weight is 516 g/mol. The molecule has 0 aliphatic heterocycles. The van der Waals surface area contributed by atoms with Crippen molar-refractivity contribution in [1.29, 1.82) is 0 Å². The van der Waals surface area contributed by atoms with E-state index in [0.29, 0.717) is 0 Å². The Balaban J connectivity index is -0.0000000267. The van der Waals surface area contributed by atoms with Crippen LogP contribution in [-0.2, 0) is 10.4 Å². The minimum absolute atomic E-state index is 0. The van der Waals surface area contributed by atoms with E-state index in [4.69, 9.17) is 17.5 Å². The van der Waals surface area contributed by atoms with Gasteiger partial charge < -0.3 is 0 Å². The molecule has 0 saturated heterocycles. The summed E-state index contributed by atoms with van der Waals surface area (Å²) in [6.07, 6.45) is 0. The monoisotopic (exact) mass is 518 g/mol. The Bertz CT molecular complexity index is 94.5. The van der Waals surface area contributed by atoms with Crippen LogP contribution in [0.15, 0.2) is 0 Å². The van der Waals surface area contributed by atoms with Crippen LogP contribution < -0.4 is 0 Å². The Hall–Kier alpha value is 4.58. The van der Waals surface area contributed by atoms with Crippen LogP contribution >= 0.6 is 0 Å². The quantitative estimate of drug-likeness (QED) is 0.260. The van der Waals surface area contributed by atoms with Crippen molar-refractivity contribution in [2.24, 2.45) is 0 Å². The fraction of sp³-hybridized carbons (Fsp3) is 0. The summed E-state index contributed by atoms with van der Waals surface area (Å²) >= 11 is 0. The van der Waals surface area contributed by atoms with Gasteiger partial charge in [-0.2, -0.15) is 8.42 Å². The van der Waals surface area contributed by atoms with Gasteiger partial charge in [-0.05, 0) is 0 Å². The van der Waals surface area contributed by atoms with Crippen LogP contribution in [0, 0.1) is 0 Å². The summed E-state index contributed by atoms with van der Waals surface area (Å²) in [6, 6.07) is 0. The number of rotatable bonds is 0. The van der Waals surface area contributed by atoms with E-state index in [1.807, 2.05) is 0 Å². The first-order valence-electron chi connectivity index (χ1n) is 0.698. The molecule has 0 rings (SSSR count). The van der Waals surface area contributed by atoms with Crippen LogP contribution in [0.2, 0.25) is 0 Å². The Labute approximate surface area is 169 Å². The standard InChI is InChI=1S/3Ba.H2O4S.6H/c;;;1-5(2,3)4;;;;;;/h;;;(H2,1,2,3,4);;;;;;. The molecule has 0 radical (unpaired) electrons. The topological polar surface area (TPSA) is 74.6 Å². The van der Waals surface area contributed by atoms with Crippen molar-refractivity contribution in [3.63, 3.8) is 0 Å². The Morgan fingerprint density at radius 1 is 0.875 bits per heavy atom. The fourth-order valence-corrected chi connectivity index (χ4v) is 0. The molecule has 2 N–H and O–H groups in total. The molecule has 0 atom stereocenters. The van der Waals surface area contributed by atoms with Crippen molar-refractivity contribution < 1.29 is 17.5 Å². The van der Waals surface area contributed by atoms with Crippen molar-refractivity contribution in [3.8, 4) is 0 Å². The summed E-state index contributed by atoms with van der Waals surface area (Å²) in [7, 11) is -4.67. The number of hydrogen-bond donors (Lipinski definition) is 2. The molecule has 0 unspecified atom stereocenters. The molecular formula is H8Ba3O4S. The zero-order valence-corrected chi connectivity index (χ0v) is 2.94. The molecule has 0 saturated carbocycles. The van der Waals surface area contributed by atoms with Gasteiger partial charge in [-0.3, -0.25) is 9.11 Å². The predicted molar refractivity (Wildman–Crippen MR) is 39.8 cm³/mol. The average Bonchev–Trinajstić information content (AvgIpc) is 0.722. The molecule has 0 fully saturated rings. The minimum atomic E-state index is -4.67. The molecule has 0 amide bonds. The summed E-state index contributed by atoms with van der Waals surface area (Å²) in [5.41, 5.74) is 0. The van der Waals surface area contributed by atoms with Crippen LogP contribution in [-0.4, -0.2) is 164 Å². The Morgan fingerprint density at radius 2 is 0.875 bits per heavy atom. The van der Waals surface area contributed by atoms with Crippen molar-refractivity contribution in [3.05, 3.63) is 0 Å². The molecule has 0 bridgehead atoms. The van der Waals surface area contributed by atoms with Gasteiger partial charge in [-0.1, -0.05) is 0 Å². The predicted octanol–water partition coefficient (Wildman–Crippen LogP) is -3.40. The van der Waals surface area contributed by atoms with Gasteiger partial charge in [-0.15, -0.1) is 0 Å². The molecule has 0 aromatic heterocycles. The van der Waals surface area contributed by atoms with Crippen molar-refractivity contribution in [2.75, 3.05) is 0 Å². The second kappa shape index (κ2) is 11.6. The van der Waals surface area contributed by atoms with Crippen LogP contribution in [0.1, 0.15) is 0 Å². The molecule has 0 aromatic carbocycles.